The molecule has 1 rings (SSSR count). The highest BCUT2D eigenvalue weighted by atomic mass is 19.4. The molecule has 0 heterocycles. The second-order valence-corrected chi connectivity index (χ2v) is 5.40. The molecule has 0 amide bonds. The van der Waals surface area contributed by atoms with E-state index in [-0.39, 0.29) is 6.07 Å². The maximum absolute atomic E-state index is 14.1. The van der Waals surface area contributed by atoms with Crippen LogP contribution in [0.15, 0.2) is 6.07 Å². The van der Waals surface area contributed by atoms with E-state index < -0.39 is 64.6 Å². The summed E-state index contributed by atoms with van der Waals surface area (Å²) in [7, 11) is 0.882. The lowest BCUT2D eigenvalue weighted by atomic mass is 9.84. The minimum atomic E-state index is -6.23. The summed E-state index contributed by atoms with van der Waals surface area (Å²) in [6, 6.07) is -1.91. The van der Waals surface area contributed by atoms with Gasteiger partial charge < -0.3 is 20.7 Å². The number of carboxylic acids is 1. The Labute approximate surface area is 155 Å². The number of aliphatic carboxylic acids is 1. The normalized spacial score (nSPS) is 13.5. The summed E-state index contributed by atoms with van der Waals surface area (Å²) < 4.78 is 97.1. The number of carbonyl (C=O) groups is 1. The second-order valence-electron chi connectivity index (χ2n) is 5.40. The zero-order valence-corrected chi connectivity index (χ0v) is 15.3. The van der Waals surface area contributed by atoms with Crippen molar-refractivity contribution in [2.24, 2.45) is 5.73 Å². The molecule has 0 aliphatic heterocycles. The van der Waals surface area contributed by atoms with Crippen LogP contribution in [-0.4, -0.2) is 41.7 Å². The summed E-state index contributed by atoms with van der Waals surface area (Å²) in [5, 5.41) is 18.3. The van der Waals surface area contributed by atoms with Gasteiger partial charge in [-0.1, -0.05) is 13.8 Å². The van der Waals surface area contributed by atoms with E-state index in [1.165, 1.54) is 0 Å². The predicted molar refractivity (Wildman–Crippen MR) is 84.4 cm³/mol. The Kier molecular flexibility index (Phi) is 8.28. The Morgan fingerprint density at radius 1 is 1.18 bits per heavy atom. The molecule has 1 atom stereocenters. The summed E-state index contributed by atoms with van der Waals surface area (Å²) in [4.78, 5) is 10.8. The van der Waals surface area contributed by atoms with Gasteiger partial charge in [0.05, 0.1) is 7.11 Å². The van der Waals surface area contributed by atoms with Gasteiger partial charge in [-0.05, 0) is 18.6 Å². The first kappa shape index (κ1) is 25.9. The van der Waals surface area contributed by atoms with Gasteiger partial charge >= 0.3 is 18.3 Å². The molecule has 0 radical (unpaired) electrons. The lowest BCUT2D eigenvalue weighted by Gasteiger charge is -2.34. The Hall–Kier alpha value is -2.08. The second kappa shape index (κ2) is 8.95. The molecule has 0 aliphatic carbocycles. The van der Waals surface area contributed by atoms with Crippen molar-refractivity contribution in [2.45, 2.75) is 51.2 Å². The molecule has 0 aromatic heterocycles. The largest absolute Gasteiger partial charge is 0.493 e. The number of hydrogen-bond donors (Lipinski definition) is 3. The molecule has 5 nitrogen and oxygen atoms in total. The number of rotatable bonds is 5. The van der Waals surface area contributed by atoms with Crippen molar-refractivity contribution in [1.29, 1.82) is 0 Å². The molecule has 0 aliphatic rings. The standard InChI is InChI=1S/C14H14F7NO4.C2H6/c1-5-6(3-9(22)11(23)24)10(26-2)8(15)4-7(5)12(25,13(16,17)18)14(19,20)21;1-2/h4,9,25H,3,22H2,1-2H3,(H,23,24);1-2H3. The minimum Gasteiger partial charge on any atom is -0.493 e. The van der Waals surface area contributed by atoms with Crippen molar-refractivity contribution in [2.75, 3.05) is 7.11 Å². The fraction of sp³-hybridized carbons (Fsp3) is 0.562. The van der Waals surface area contributed by atoms with Crippen LogP contribution < -0.4 is 10.5 Å². The Bertz CT molecular complexity index is 688. The fourth-order valence-electron chi connectivity index (χ4n) is 2.39. The van der Waals surface area contributed by atoms with E-state index in [1.807, 2.05) is 13.8 Å². The first-order valence-electron chi connectivity index (χ1n) is 7.80. The van der Waals surface area contributed by atoms with Gasteiger partial charge in [0.15, 0.2) is 11.6 Å². The lowest BCUT2D eigenvalue weighted by Crippen LogP contribution is -2.54. The molecule has 28 heavy (non-hydrogen) atoms. The molecule has 1 aromatic rings. The van der Waals surface area contributed by atoms with Gasteiger partial charge in [0.2, 0.25) is 0 Å². The van der Waals surface area contributed by atoms with Crippen LogP contribution >= 0.6 is 0 Å². The van der Waals surface area contributed by atoms with Crippen molar-refractivity contribution >= 4 is 5.97 Å². The highest BCUT2D eigenvalue weighted by molar-refractivity contribution is 5.74. The zero-order chi connectivity index (χ0) is 22.7. The summed E-state index contributed by atoms with van der Waals surface area (Å²) in [5.74, 6) is -4.04. The SMILES string of the molecule is CC.COc1c(F)cc(C(O)(C(F)(F)F)C(F)(F)F)c(C)c1CC(N)C(=O)O. The molecular weight excluding hydrogens is 403 g/mol. The quantitative estimate of drug-likeness (QED) is 0.631. The fourth-order valence-corrected chi connectivity index (χ4v) is 2.39. The van der Waals surface area contributed by atoms with Crippen LogP contribution in [0.5, 0.6) is 5.75 Å². The van der Waals surface area contributed by atoms with Crippen molar-refractivity contribution in [3.05, 3.63) is 28.6 Å². The van der Waals surface area contributed by atoms with Crippen LogP contribution in [0.1, 0.15) is 30.5 Å². The van der Waals surface area contributed by atoms with Gasteiger partial charge in [0, 0.05) is 17.5 Å². The smallest absolute Gasteiger partial charge is 0.430 e. The van der Waals surface area contributed by atoms with Gasteiger partial charge in [-0.15, -0.1) is 0 Å². The molecule has 0 spiro atoms. The van der Waals surface area contributed by atoms with Crippen molar-refractivity contribution < 1.29 is 50.5 Å². The van der Waals surface area contributed by atoms with Gasteiger partial charge in [-0.3, -0.25) is 4.79 Å². The number of benzene rings is 1. The van der Waals surface area contributed by atoms with Crippen molar-refractivity contribution in [3.8, 4) is 5.75 Å². The topological polar surface area (TPSA) is 92.8 Å². The monoisotopic (exact) mass is 423 g/mol. The van der Waals surface area contributed by atoms with Crippen LogP contribution in [0.3, 0.4) is 0 Å². The molecule has 1 aromatic carbocycles. The molecular formula is C16H20F7NO4. The summed E-state index contributed by atoms with van der Waals surface area (Å²) in [6.07, 6.45) is -13.3. The van der Waals surface area contributed by atoms with E-state index >= 15 is 0 Å². The molecule has 1 unspecified atom stereocenters. The first-order chi connectivity index (χ1) is 12.6. The Morgan fingerprint density at radius 3 is 1.93 bits per heavy atom. The molecule has 0 saturated carbocycles. The van der Waals surface area contributed by atoms with Gasteiger partial charge in [-0.25, -0.2) is 4.39 Å². The molecule has 162 valence electrons. The number of ether oxygens (including phenoxy) is 1. The molecule has 0 saturated heterocycles. The lowest BCUT2D eigenvalue weighted by molar-refractivity contribution is -0.376. The number of aliphatic hydroxyl groups is 1. The summed E-state index contributed by atoms with van der Waals surface area (Å²) in [5.41, 5.74) is -3.45. The molecule has 12 heteroatoms. The molecule has 0 fully saturated rings. The number of carboxylic acid groups (broad SMARTS) is 1. The maximum atomic E-state index is 14.1. The molecule has 0 bridgehead atoms. The van der Waals surface area contributed by atoms with E-state index in [2.05, 4.69) is 4.74 Å². The maximum Gasteiger partial charge on any atom is 0.430 e. The van der Waals surface area contributed by atoms with Crippen LogP contribution in [0.4, 0.5) is 30.7 Å². The average Bonchev–Trinajstić information content (AvgIpc) is 2.56. The van der Waals surface area contributed by atoms with Crippen LogP contribution in [0, 0.1) is 12.7 Å². The third kappa shape index (κ3) is 4.66. The predicted octanol–water partition coefficient (Wildman–Crippen LogP) is 3.44. The van der Waals surface area contributed by atoms with E-state index in [1.54, 1.807) is 0 Å². The number of hydrogen-bond acceptors (Lipinski definition) is 4. The number of nitrogens with two attached hydrogens (primary N) is 1. The van der Waals surface area contributed by atoms with Crippen LogP contribution in [-0.2, 0) is 16.8 Å². The third-order valence-corrected chi connectivity index (χ3v) is 3.77. The third-order valence-electron chi connectivity index (χ3n) is 3.77. The minimum absolute atomic E-state index is 0.148. The van der Waals surface area contributed by atoms with Crippen molar-refractivity contribution in [3.63, 3.8) is 0 Å². The van der Waals surface area contributed by atoms with E-state index in [4.69, 9.17) is 10.8 Å². The zero-order valence-electron chi connectivity index (χ0n) is 15.3. The highest BCUT2D eigenvalue weighted by Gasteiger charge is 2.72. The van der Waals surface area contributed by atoms with Gasteiger partial charge in [0.25, 0.3) is 5.60 Å². The van der Waals surface area contributed by atoms with E-state index in [0.717, 1.165) is 14.0 Å². The summed E-state index contributed by atoms with van der Waals surface area (Å²) >= 11 is 0. The van der Waals surface area contributed by atoms with Crippen molar-refractivity contribution in [1.82, 2.24) is 0 Å². The van der Waals surface area contributed by atoms with E-state index in [9.17, 15) is 40.6 Å². The van der Waals surface area contributed by atoms with Crippen LogP contribution in [0.2, 0.25) is 0 Å². The highest BCUT2D eigenvalue weighted by Crippen LogP contribution is 2.52. The van der Waals surface area contributed by atoms with Gasteiger partial charge in [0.1, 0.15) is 6.04 Å². The average molecular weight is 423 g/mol. The summed E-state index contributed by atoms with van der Waals surface area (Å²) in [6.45, 7) is 4.74. The number of halogens is 7. The molecule has 4 N–H and O–H groups in total. The first-order valence-corrected chi connectivity index (χ1v) is 7.80. The Morgan fingerprint density at radius 2 is 1.61 bits per heavy atom. The number of alkyl halides is 6. The van der Waals surface area contributed by atoms with E-state index in [0.29, 0.717) is 0 Å². The Balaban J connectivity index is 0.00000352. The number of methoxy groups -OCH3 is 1. The van der Waals surface area contributed by atoms with Gasteiger partial charge in [-0.2, -0.15) is 26.3 Å². The van der Waals surface area contributed by atoms with Crippen LogP contribution in [0.25, 0.3) is 0 Å².